The van der Waals surface area contributed by atoms with Crippen LogP contribution in [0.2, 0.25) is 0 Å². The topological polar surface area (TPSA) is 72.2 Å². The first-order valence-electron chi connectivity index (χ1n) is 7.43. The first-order valence-corrected chi connectivity index (χ1v) is 7.43. The minimum absolute atomic E-state index is 0.0335. The van der Waals surface area contributed by atoms with Crippen molar-refractivity contribution in [1.29, 1.82) is 0 Å². The van der Waals surface area contributed by atoms with E-state index < -0.39 is 5.91 Å². The highest BCUT2D eigenvalue weighted by molar-refractivity contribution is 5.98. The fraction of sp³-hybridized carbons (Fsp3) is 0.222. The molecule has 0 aromatic heterocycles. The van der Waals surface area contributed by atoms with E-state index in [1.807, 2.05) is 18.2 Å². The van der Waals surface area contributed by atoms with Crippen LogP contribution in [0, 0.1) is 0 Å². The van der Waals surface area contributed by atoms with Gasteiger partial charge in [-0.05, 0) is 48.6 Å². The fourth-order valence-electron chi connectivity index (χ4n) is 3.01. The van der Waals surface area contributed by atoms with Crippen molar-refractivity contribution in [3.05, 3.63) is 65.2 Å². The summed E-state index contributed by atoms with van der Waals surface area (Å²) < 4.78 is 0. The maximum atomic E-state index is 12.6. The monoisotopic (exact) mass is 294 g/mol. The van der Waals surface area contributed by atoms with Crippen LogP contribution >= 0.6 is 0 Å². The molecule has 0 spiro atoms. The molecule has 0 aliphatic heterocycles. The summed E-state index contributed by atoms with van der Waals surface area (Å²) in [4.78, 5) is 23.8. The van der Waals surface area contributed by atoms with Crippen LogP contribution in [-0.4, -0.2) is 11.8 Å². The number of benzene rings is 2. The van der Waals surface area contributed by atoms with Gasteiger partial charge in [0, 0.05) is 11.3 Å². The average Bonchev–Trinajstić information content (AvgIpc) is 2.54. The summed E-state index contributed by atoms with van der Waals surface area (Å²) in [6.07, 6.45) is 2.88. The Morgan fingerprint density at radius 3 is 2.73 bits per heavy atom. The molecular weight excluding hydrogens is 276 g/mol. The second-order valence-corrected chi connectivity index (χ2v) is 5.58. The van der Waals surface area contributed by atoms with Gasteiger partial charge in [-0.1, -0.05) is 30.3 Å². The molecule has 1 aliphatic rings. The van der Waals surface area contributed by atoms with Crippen LogP contribution in [0.3, 0.4) is 0 Å². The zero-order valence-corrected chi connectivity index (χ0v) is 12.2. The fourth-order valence-corrected chi connectivity index (χ4v) is 3.01. The average molecular weight is 294 g/mol. The molecule has 0 bridgehead atoms. The van der Waals surface area contributed by atoms with Crippen molar-refractivity contribution in [2.24, 2.45) is 5.73 Å². The van der Waals surface area contributed by atoms with E-state index >= 15 is 0 Å². The van der Waals surface area contributed by atoms with Gasteiger partial charge in [0.1, 0.15) is 0 Å². The molecule has 22 heavy (non-hydrogen) atoms. The summed E-state index contributed by atoms with van der Waals surface area (Å²) in [5, 5.41) is 2.90. The van der Waals surface area contributed by atoms with Crippen molar-refractivity contribution in [1.82, 2.24) is 0 Å². The Morgan fingerprint density at radius 1 is 1.09 bits per heavy atom. The molecule has 0 radical (unpaired) electrons. The van der Waals surface area contributed by atoms with Gasteiger partial charge in [0.15, 0.2) is 0 Å². The molecule has 1 atom stereocenters. The number of fused-ring (bicyclic) bond motifs is 1. The number of amides is 2. The van der Waals surface area contributed by atoms with Crippen LogP contribution in [-0.2, 0) is 11.2 Å². The number of primary amides is 1. The normalized spacial score (nSPS) is 16.6. The number of rotatable bonds is 3. The second kappa shape index (κ2) is 6.02. The van der Waals surface area contributed by atoms with Crippen LogP contribution in [0.15, 0.2) is 48.5 Å². The molecule has 4 nitrogen and oxygen atoms in total. The third-order valence-corrected chi connectivity index (χ3v) is 4.10. The van der Waals surface area contributed by atoms with E-state index in [2.05, 4.69) is 11.4 Å². The van der Waals surface area contributed by atoms with Crippen LogP contribution in [0.1, 0.15) is 40.2 Å². The Balaban J connectivity index is 1.81. The summed E-state index contributed by atoms with van der Waals surface area (Å²) in [7, 11) is 0. The van der Waals surface area contributed by atoms with Gasteiger partial charge in [0.05, 0.1) is 5.92 Å². The van der Waals surface area contributed by atoms with E-state index in [0.717, 1.165) is 24.8 Å². The van der Waals surface area contributed by atoms with E-state index in [1.54, 1.807) is 24.3 Å². The molecule has 2 aromatic rings. The number of carbonyl (C=O) groups excluding carboxylic acids is 2. The molecule has 3 rings (SSSR count). The largest absolute Gasteiger partial charge is 0.366 e. The molecular formula is C18H18N2O2. The molecule has 0 fully saturated rings. The number of aryl methyl sites for hydroxylation is 1. The van der Waals surface area contributed by atoms with E-state index in [0.29, 0.717) is 11.3 Å². The molecule has 0 saturated carbocycles. The lowest BCUT2D eigenvalue weighted by molar-refractivity contribution is -0.117. The lowest BCUT2D eigenvalue weighted by Gasteiger charge is -2.24. The molecule has 0 saturated heterocycles. The number of carbonyl (C=O) groups is 2. The van der Waals surface area contributed by atoms with E-state index in [-0.39, 0.29) is 11.8 Å². The molecule has 2 amide bonds. The Bertz CT molecular complexity index is 725. The Hall–Kier alpha value is -2.62. The Kier molecular flexibility index (Phi) is 3.92. The minimum Gasteiger partial charge on any atom is -0.366 e. The SMILES string of the molecule is NC(=O)c1cccc(NC(=O)C2CCCc3ccccc32)c1. The number of nitrogens with one attached hydrogen (secondary N) is 1. The van der Waals surface area contributed by atoms with Crippen molar-refractivity contribution >= 4 is 17.5 Å². The molecule has 112 valence electrons. The number of nitrogens with two attached hydrogens (primary N) is 1. The number of anilines is 1. The van der Waals surface area contributed by atoms with Crippen LogP contribution in [0.25, 0.3) is 0 Å². The molecule has 1 aliphatic carbocycles. The predicted molar refractivity (Wildman–Crippen MR) is 85.7 cm³/mol. The summed E-state index contributed by atoms with van der Waals surface area (Å²) in [5.41, 5.74) is 8.62. The summed E-state index contributed by atoms with van der Waals surface area (Å²) >= 11 is 0. The molecule has 4 heteroatoms. The van der Waals surface area contributed by atoms with Gasteiger partial charge in [-0.25, -0.2) is 0 Å². The lowest BCUT2D eigenvalue weighted by Crippen LogP contribution is -2.24. The quantitative estimate of drug-likeness (QED) is 0.913. The Labute approximate surface area is 129 Å². The highest BCUT2D eigenvalue weighted by atomic mass is 16.2. The minimum atomic E-state index is -0.501. The first kappa shape index (κ1) is 14.3. The van der Waals surface area contributed by atoms with Gasteiger partial charge in [0.2, 0.25) is 11.8 Å². The zero-order chi connectivity index (χ0) is 15.5. The molecule has 2 aromatic carbocycles. The van der Waals surface area contributed by atoms with E-state index in [4.69, 9.17) is 5.73 Å². The number of hydrogen-bond donors (Lipinski definition) is 2. The van der Waals surface area contributed by atoms with Crippen molar-refractivity contribution in [3.8, 4) is 0 Å². The van der Waals surface area contributed by atoms with Gasteiger partial charge >= 0.3 is 0 Å². The second-order valence-electron chi connectivity index (χ2n) is 5.58. The summed E-state index contributed by atoms with van der Waals surface area (Å²) in [5.74, 6) is -0.671. The first-order chi connectivity index (χ1) is 10.6. The lowest BCUT2D eigenvalue weighted by atomic mass is 9.82. The van der Waals surface area contributed by atoms with Crippen molar-refractivity contribution in [2.45, 2.75) is 25.2 Å². The van der Waals surface area contributed by atoms with E-state index in [1.165, 1.54) is 5.56 Å². The predicted octanol–water partition coefficient (Wildman–Crippen LogP) is 2.84. The smallest absolute Gasteiger partial charge is 0.248 e. The van der Waals surface area contributed by atoms with E-state index in [9.17, 15) is 9.59 Å². The van der Waals surface area contributed by atoms with Gasteiger partial charge in [-0.15, -0.1) is 0 Å². The summed E-state index contributed by atoms with van der Waals surface area (Å²) in [6.45, 7) is 0. The molecule has 0 heterocycles. The Morgan fingerprint density at radius 2 is 1.91 bits per heavy atom. The zero-order valence-electron chi connectivity index (χ0n) is 12.2. The van der Waals surface area contributed by atoms with Crippen molar-refractivity contribution in [3.63, 3.8) is 0 Å². The standard InChI is InChI=1S/C18H18N2O2/c19-17(21)13-7-3-8-14(11-13)20-18(22)16-10-4-6-12-5-1-2-9-15(12)16/h1-3,5,7-9,11,16H,4,6,10H2,(H2,19,21)(H,20,22). The van der Waals surface area contributed by atoms with Crippen LogP contribution in [0.5, 0.6) is 0 Å². The molecule has 3 N–H and O–H groups in total. The van der Waals surface area contributed by atoms with Crippen LogP contribution < -0.4 is 11.1 Å². The van der Waals surface area contributed by atoms with Gasteiger partial charge in [0.25, 0.3) is 0 Å². The molecule has 1 unspecified atom stereocenters. The van der Waals surface area contributed by atoms with Gasteiger partial charge in [-0.3, -0.25) is 9.59 Å². The van der Waals surface area contributed by atoms with Gasteiger partial charge in [-0.2, -0.15) is 0 Å². The van der Waals surface area contributed by atoms with Crippen LogP contribution in [0.4, 0.5) is 5.69 Å². The summed E-state index contributed by atoms with van der Waals surface area (Å²) in [6, 6.07) is 14.8. The van der Waals surface area contributed by atoms with Gasteiger partial charge < -0.3 is 11.1 Å². The third kappa shape index (κ3) is 2.86. The van der Waals surface area contributed by atoms with Crippen molar-refractivity contribution < 1.29 is 9.59 Å². The van der Waals surface area contributed by atoms with Crippen molar-refractivity contribution in [2.75, 3.05) is 5.32 Å². The third-order valence-electron chi connectivity index (χ3n) is 4.10. The maximum absolute atomic E-state index is 12.6. The highest BCUT2D eigenvalue weighted by Gasteiger charge is 2.26. The number of hydrogen-bond acceptors (Lipinski definition) is 2. The highest BCUT2D eigenvalue weighted by Crippen LogP contribution is 2.32. The maximum Gasteiger partial charge on any atom is 0.248 e.